The Hall–Kier alpha value is -1.37. The van der Waals surface area contributed by atoms with Gasteiger partial charge in [-0.2, -0.15) is 0 Å². The minimum absolute atomic E-state index is 0.0115. The molecule has 0 aromatic carbocycles. The lowest BCUT2D eigenvalue weighted by Crippen LogP contribution is -2.47. The first-order valence-corrected chi connectivity index (χ1v) is 7.25. The molecular formula is C15H24N2O4. The molecule has 2 rings (SSSR count). The van der Waals surface area contributed by atoms with Crippen molar-refractivity contribution in [1.82, 2.24) is 10.6 Å². The molecule has 0 unspecified atom stereocenters. The molecule has 0 aliphatic carbocycles. The fraction of sp³-hybridized carbons (Fsp3) is 0.667. The van der Waals surface area contributed by atoms with Gasteiger partial charge in [0.05, 0.1) is 6.61 Å². The second-order valence-corrected chi connectivity index (χ2v) is 5.56. The third kappa shape index (κ3) is 4.30. The zero-order valence-corrected chi connectivity index (χ0v) is 12.7. The summed E-state index contributed by atoms with van der Waals surface area (Å²) in [6.07, 6.45) is 1.99. The number of rotatable bonds is 7. The molecule has 2 heterocycles. The highest BCUT2D eigenvalue weighted by Crippen LogP contribution is 2.28. The monoisotopic (exact) mass is 296 g/mol. The van der Waals surface area contributed by atoms with E-state index in [1.54, 1.807) is 26.4 Å². The molecule has 1 amide bonds. The summed E-state index contributed by atoms with van der Waals surface area (Å²) in [4.78, 5) is 12.1. The van der Waals surface area contributed by atoms with Gasteiger partial charge in [0.15, 0.2) is 5.76 Å². The molecule has 6 nitrogen and oxygen atoms in total. The highest BCUT2D eigenvalue weighted by Gasteiger charge is 2.32. The van der Waals surface area contributed by atoms with Crippen LogP contribution in [-0.4, -0.2) is 46.4 Å². The highest BCUT2D eigenvalue weighted by molar-refractivity contribution is 5.91. The maximum Gasteiger partial charge on any atom is 0.287 e. The lowest BCUT2D eigenvalue weighted by atomic mass is 9.79. The van der Waals surface area contributed by atoms with Crippen LogP contribution in [0.15, 0.2) is 16.5 Å². The maximum absolute atomic E-state index is 12.1. The molecule has 0 radical (unpaired) electrons. The minimum atomic E-state index is -0.189. The van der Waals surface area contributed by atoms with Crippen LogP contribution in [-0.2, 0) is 16.1 Å². The van der Waals surface area contributed by atoms with Crippen LogP contribution in [0.3, 0.4) is 0 Å². The van der Waals surface area contributed by atoms with E-state index in [2.05, 4.69) is 10.6 Å². The molecule has 1 aliphatic rings. The normalized spacial score (nSPS) is 17.6. The summed E-state index contributed by atoms with van der Waals surface area (Å²) < 4.78 is 15.8. The van der Waals surface area contributed by atoms with Crippen molar-refractivity contribution in [2.75, 3.05) is 40.5 Å². The van der Waals surface area contributed by atoms with Crippen molar-refractivity contribution in [3.05, 3.63) is 23.7 Å². The van der Waals surface area contributed by atoms with E-state index in [-0.39, 0.29) is 11.3 Å². The van der Waals surface area contributed by atoms with E-state index in [0.29, 0.717) is 31.3 Å². The number of furan rings is 1. The first-order chi connectivity index (χ1) is 10.2. The van der Waals surface area contributed by atoms with Gasteiger partial charge in [-0.1, -0.05) is 0 Å². The van der Waals surface area contributed by atoms with Gasteiger partial charge in [0.1, 0.15) is 12.4 Å². The molecule has 0 spiro atoms. The van der Waals surface area contributed by atoms with Crippen LogP contribution in [0.25, 0.3) is 0 Å². The number of ether oxygens (including phenoxy) is 2. The van der Waals surface area contributed by atoms with E-state index < -0.39 is 0 Å². The average molecular weight is 296 g/mol. The largest absolute Gasteiger partial charge is 0.453 e. The summed E-state index contributed by atoms with van der Waals surface area (Å²) in [5.41, 5.74) is 0.0115. The van der Waals surface area contributed by atoms with Crippen LogP contribution in [0.2, 0.25) is 0 Å². The number of hydrogen-bond donors (Lipinski definition) is 2. The maximum atomic E-state index is 12.1. The molecule has 0 bridgehead atoms. The fourth-order valence-corrected chi connectivity index (χ4v) is 2.71. The highest BCUT2D eigenvalue weighted by atomic mass is 16.5. The van der Waals surface area contributed by atoms with Crippen LogP contribution >= 0.6 is 0 Å². The third-order valence-electron chi connectivity index (χ3n) is 3.91. The lowest BCUT2D eigenvalue weighted by Gasteiger charge is -2.37. The Kier molecular flexibility index (Phi) is 5.78. The van der Waals surface area contributed by atoms with Gasteiger partial charge in [0.25, 0.3) is 5.91 Å². The predicted octanol–water partition coefficient (Wildman–Crippen LogP) is 1.17. The standard InChI is InChI=1S/C15H24N2O4/c1-19-9-12-3-4-13(21-12)14(18)17-10-15(11-20-2)5-7-16-8-6-15/h3-4,16H,5-11H2,1-2H3,(H,17,18). The van der Waals surface area contributed by atoms with E-state index in [4.69, 9.17) is 13.9 Å². The van der Waals surface area contributed by atoms with Crippen molar-refractivity contribution >= 4 is 5.91 Å². The average Bonchev–Trinajstić information content (AvgIpc) is 2.95. The smallest absolute Gasteiger partial charge is 0.287 e. The van der Waals surface area contributed by atoms with Gasteiger partial charge >= 0.3 is 0 Å². The van der Waals surface area contributed by atoms with Crippen LogP contribution in [0, 0.1) is 5.41 Å². The summed E-state index contributed by atoms with van der Waals surface area (Å²) in [5.74, 6) is 0.783. The third-order valence-corrected chi connectivity index (χ3v) is 3.91. The number of methoxy groups -OCH3 is 2. The van der Waals surface area contributed by atoms with Crippen LogP contribution in [0.4, 0.5) is 0 Å². The lowest BCUT2D eigenvalue weighted by molar-refractivity contribution is 0.0505. The Balaban J connectivity index is 1.91. The molecule has 2 N–H and O–H groups in total. The topological polar surface area (TPSA) is 72.7 Å². The second-order valence-electron chi connectivity index (χ2n) is 5.56. The van der Waals surface area contributed by atoms with Crippen molar-refractivity contribution in [1.29, 1.82) is 0 Å². The van der Waals surface area contributed by atoms with E-state index in [9.17, 15) is 4.79 Å². The van der Waals surface area contributed by atoms with E-state index in [1.807, 2.05) is 0 Å². The number of piperidine rings is 1. The molecular weight excluding hydrogens is 272 g/mol. The van der Waals surface area contributed by atoms with Gasteiger partial charge in [-0.05, 0) is 38.1 Å². The van der Waals surface area contributed by atoms with Crippen LogP contribution in [0.5, 0.6) is 0 Å². The zero-order valence-electron chi connectivity index (χ0n) is 12.7. The molecule has 1 aromatic rings. The van der Waals surface area contributed by atoms with Crippen molar-refractivity contribution in [3.63, 3.8) is 0 Å². The molecule has 1 saturated heterocycles. The Bertz CT molecular complexity index is 447. The van der Waals surface area contributed by atoms with Crippen LogP contribution in [0.1, 0.15) is 29.2 Å². The van der Waals surface area contributed by atoms with Gasteiger partial charge in [0.2, 0.25) is 0 Å². The summed E-state index contributed by atoms with van der Waals surface area (Å²) in [5, 5.41) is 6.30. The van der Waals surface area contributed by atoms with Gasteiger partial charge in [-0.25, -0.2) is 0 Å². The van der Waals surface area contributed by atoms with Gasteiger partial charge in [-0.3, -0.25) is 4.79 Å². The van der Waals surface area contributed by atoms with Crippen molar-refractivity contribution in [2.45, 2.75) is 19.4 Å². The molecule has 6 heteroatoms. The Morgan fingerprint density at radius 3 is 2.76 bits per heavy atom. The number of hydrogen-bond acceptors (Lipinski definition) is 5. The Labute approximate surface area is 125 Å². The molecule has 1 aliphatic heterocycles. The van der Waals surface area contributed by atoms with Gasteiger partial charge < -0.3 is 24.5 Å². The first-order valence-electron chi connectivity index (χ1n) is 7.25. The number of nitrogens with one attached hydrogen (secondary N) is 2. The van der Waals surface area contributed by atoms with Crippen molar-refractivity contribution in [3.8, 4) is 0 Å². The number of amides is 1. The predicted molar refractivity (Wildman–Crippen MR) is 78.2 cm³/mol. The summed E-state index contributed by atoms with van der Waals surface area (Å²) >= 11 is 0. The first kappa shape index (κ1) is 16.0. The summed E-state index contributed by atoms with van der Waals surface area (Å²) in [7, 11) is 3.29. The van der Waals surface area contributed by atoms with Crippen molar-refractivity contribution in [2.24, 2.45) is 5.41 Å². The Morgan fingerprint density at radius 1 is 1.33 bits per heavy atom. The van der Waals surface area contributed by atoms with Crippen molar-refractivity contribution < 1.29 is 18.7 Å². The van der Waals surface area contributed by atoms with E-state index >= 15 is 0 Å². The quantitative estimate of drug-likeness (QED) is 0.790. The number of carbonyl (C=O) groups is 1. The fourth-order valence-electron chi connectivity index (χ4n) is 2.71. The molecule has 118 valence electrons. The molecule has 0 atom stereocenters. The van der Waals surface area contributed by atoms with E-state index in [1.165, 1.54) is 0 Å². The molecule has 1 aromatic heterocycles. The molecule has 1 fully saturated rings. The minimum Gasteiger partial charge on any atom is -0.453 e. The SMILES string of the molecule is COCc1ccc(C(=O)NCC2(COC)CCNCC2)o1. The number of carbonyl (C=O) groups excluding carboxylic acids is 1. The summed E-state index contributed by atoms with van der Waals surface area (Å²) in [6, 6.07) is 3.43. The van der Waals surface area contributed by atoms with Gasteiger partial charge in [0, 0.05) is 26.2 Å². The summed E-state index contributed by atoms with van der Waals surface area (Å²) in [6.45, 7) is 3.53. The molecule has 0 saturated carbocycles. The zero-order chi connectivity index (χ0) is 15.1. The second kappa shape index (κ2) is 7.59. The van der Waals surface area contributed by atoms with Crippen LogP contribution < -0.4 is 10.6 Å². The van der Waals surface area contributed by atoms with E-state index in [0.717, 1.165) is 25.9 Å². The molecule has 21 heavy (non-hydrogen) atoms. The van der Waals surface area contributed by atoms with Gasteiger partial charge in [-0.15, -0.1) is 0 Å². The Morgan fingerprint density at radius 2 is 2.10 bits per heavy atom.